The van der Waals surface area contributed by atoms with E-state index in [1.807, 2.05) is 0 Å². The Kier molecular flexibility index (Phi) is 3.09. The SMILES string of the molecule is O=C1Nc2cc(C(F)(F)F)c(F)cc2C2(CCNCC2)O1. The highest BCUT2D eigenvalue weighted by Gasteiger charge is 2.45. The minimum absolute atomic E-state index is 0.0399. The molecule has 2 heterocycles. The molecule has 1 aromatic carbocycles. The van der Waals surface area contributed by atoms with Crippen LogP contribution in [-0.4, -0.2) is 19.2 Å². The summed E-state index contributed by atoms with van der Waals surface area (Å²) in [4.78, 5) is 11.6. The van der Waals surface area contributed by atoms with Crippen molar-refractivity contribution in [2.75, 3.05) is 18.4 Å². The first-order valence-electron chi connectivity index (χ1n) is 6.44. The molecule has 1 amide bonds. The maximum Gasteiger partial charge on any atom is 0.419 e. The van der Waals surface area contributed by atoms with Gasteiger partial charge in [-0.1, -0.05) is 0 Å². The normalized spacial score (nSPS) is 20.7. The molecule has 4 nitrogen and oxygen atoms in total. The highest BCUT2D eigenvalue weighted by Crippen LogP contribution is 2.45. The molecule has 2 aliphatic rings. The number of anilines is 1. The Morgan fingerprint density at radius 1 is 1.19 bits per heavy atom. The van der Waals surface area contributed by atoms with Crippen molar-refractivity contribution in [1.82, 2.24) is 5.32 Å². The highest BCUT2D eigenvalue weighted by molar-refractivity contribution is 5.89. The number of fused-ring (bicyclic) bond motifs is 2. The molecular weight excluding hydrogens is 292 g/mol. The minimum atomic E-state index is -4.82. The van der Waals surface area contributed by atoms with Crippen LogP contribution in [0, 0.1) is 5.82 Å². The molecule has 8 heteroatoms. The van der Waals surface area contributed by atoms with Gasteiger partial charge >= 0.3 is 12.3 Å². The van der Waals surface area contributed by atoms with Gasteiger partial charge < -0.3 is 10.1 Å². The first kappa shape index (κ1) is 14.1. The van der Waals surface area contributed by atoms with Crippen LogP contribution in [-0.2, 0) is 16.5 Å². The van der Waals surface area contributed by atoms with Crippen molar-refractivity contribution in [3.05, 3.63) is 29.1 Å². The summed E-state index contributed by atoms with van der Waals surface area (Å²) >= 11 is 0. The van der Waals surface area contributed by atoms with E-state index in [0.29, 0.717) is 32.0 Å². The van der Waals surface area contributed by atoms with E-state index in [-0.39, 0.29) is 11.3 Å². The molecule has 2 aliphatic heterocycles. The zero-order valence-corrected chi connectivity index (χ0v) is 10.8. The van der Waals surface area contributed by atoms with Crippen LogP contribution in [0.1, 0.15) is 24.0 Å². The van der Waals surface area contributed by atoms with E-state index in [1.165, 1.54) is 0 Å². The van der Waals surface area contributed by atoms with Gasteiger partial charge in [0.2, 0.25) is 0 Å². The third-order valence-corrected chi connectivity index (χ3v) is 3.84. The maximum atomic E-state index is 13.8. The largest absolute Gasteiger partial charge is 0.438 e. The van der Waals surface area contributed by atoms with E-state index in [2.05, 4.69) is 10.6 Å². The van der Waals surface area contributed by atoms with Crippen LogP contribution >= 0.6 is 0 Å². The number of ether oxygens (including phenoxy) is 1. The standard InChI is InChI=1S/C13H12F4N2O2/c14-9-5-8-10(6-7(9)13(15,16)17)19-11(20)21-12(8)1-3-18-4-2-12/h5-6,18H,1-4H2,(H,19,20). The molecule has 21 heavy (non-hydrogen) atoms. The van der Waals surface area contributed by atoms with Crippen LogP contribution in [0.25, 0.3) is 0 Å². The molecule has 0 unspecified atom stereocenters. The monoisotopic (exact) mass is 304 g/mol. The van der Waals surface area contributed by atoms with Crippen molar-refractivity contribution in [2.24, 2.45) is 0 Å². The average Bonchev–Trinajstić information content (AvgIpc) is 2.39. The Morgan fingerprint density at radius 3 is 2.48 bits per heavy atom. The molecule has 0 aromatic heterocycles. The lowest BCUT2D eigenvalue weighted by Gasteiger charge is -2.41. The van der Waals surface area contributed by atoms with Gasteiger partial charge in [-0.2, -0.15) is 13.2 Å². The molecule has 114 valence electrons. The second-order valence-corrected chi connectivity index (χ2v) is 5.13. The third-order valence-electron chi connectivity index (χ3n) is 3.84. The molecule has 1 fully saturated rings. The average molecular weight is 304 g/mol. The molecule has 0 bridgehead atoms. The number of alkyl halides is 3. The van der Waals surface area contributed by atoms with Gasteiger partial charge in [-0.25, -0.2) is 9.18 Å². The fourth-order valence-corrected chi connectivity index (χ4v) is 2.84. The van der Waals surface area contributed by atoms with Crippen molar-refractivity contribution in [1.29, 1.82) is 0 Å². The number of rotatable bonds is 0. The van der Waals surface area contributed by atoms with Crippen LogP contribution in [0.2, 0.25) is 0 Å². The Hall–Kier alpha value is -1.83. The Morgan fingerprint density at radius 2 is 1.86 bits per heavy atom. The smallest absolute Gasteiger partial charge is 0.419 e. The van der Waals surface area contributed by atoms with E-state index in [4.69, 9.17) is 4.74 Å². The number of hydrogen-bond acceptors (Lipinski definition) is 3. The maximum absolute atomic E-state index is 13.8. The second kappa shape index (κ2) is 4.59. The summed E-state index contributed by atoms with van der Waals surface area (Å²) in [6.07, 6.45) is -4.86. The minimum Gasteiger partial charge on any atom is -0.438 e. The Balaban J connectivity index is 2.14. The number of benzene rings is 1. The molecule has 0 saturated carbocycles. The number of carbonyl (C=O) groups is 1. The van der Waals surface area contributed by atoms with Gasteiger partial charge in [0.1, 0.15) is 11.4 Å². The number of halogens is 4. The summed E-state index contributed by atoms with van der Waals surface area (Å²) < 4.78 is 57.4. The molecule has 0 radical (unpaired) electrons. The predicted molar refractivity (Wildman–Crippen MR) is 65.3 cm³/mol. The van der Waals surface area contributed by atoms with Crippen LogP contribution in [0.3, 0.4) is 0 Å². The van der Waals surface area contributed by atoms with Crippen LogP contribution in [0.5, 0.6) is 0 Å². The summed E-state index contributed by atoms with van der Waals surface area (Å²) in [5.74, 6) is -1.36. The van der Waals surface area contributed by atoms with Gasteiger partial charge in [0, 0.05) is 18.4 Å². The Labute approximate surface area is 117 Å². The van der Waals surface area contributed by atoms with Crippen LogP contribution < -0.4 is 10.6 Å². The number of hydrogen-bond donors (Lipinski definition) is 2. The van der Waals surface area contributed by atoms with Crippen molar-refractivity contribution >= 4 is 11.8 Å². The second-order valence-electron chi connectivity index (χ2n) is 5.13. The summed E-state index contributed by atoms with van der Waals surface area (Å²) in [7, 11) is 0. The molecule has 3 rings (SSSR count). The molecular formula is C13H12F4N2O2. The van der Waals surface area contributed by atoms with Gasteiger partial charge in [0.15, 0.2) is 0 Å². The van der Waals surface area contributed by atoms with E-state index >= 15 is 0 Å². The zero-order chi connectivity index (χ0) is 15.3. The fourth-order valence-electron chi connectivity index (χ4n) is 2.84. The van der Waals surface area contributed by atoms with Gasteiger partial charge in [-0.3, -0.25) is 5.32 Å². The van der Waals surface area contributed by atoms with E-state index in [1.54, 1.807) is 0 Å². The number of nitrogens with one attached hydrogen (secondary N) is 2. The number of piperidine rings is 1. The van der Waals surface area contributed by atoms with Crippen molar-refractivity contribution < 1.29 is 27.1 Å². The summed E-state index contributed by atoms with van der Waals surface area (Å²) in [6, 6.07) is 1.46. The summed E-state index contributed by atoms with van der Waals surface area (Å²) in [6.45, 7) is 1.07. The lowest BCUT2D eigenvalue weighted by atomic mass is 9.82. The van der Waals surface area contributed by atoms with Crippen molar-refractivity contribution in [3.8, 4) is 0 Å². The summed E-state index contributed by atoms with van der Waals surface area (Å²) in [5.41, 5.74) is -2.24. The molecule has 1 saturated heterocycles. The van der Waals surface area contributed by atoms with Crippen LogP contribution in [0.4, 0.5) is 28.0 Å². The molecule has 1 spiro atoms. The predicted octanol–water partition coefficient (Wildman–Crippen LogP) is 2.99. The lowest BCUT2D eigenvalue weighted by molar-refractivity contribution is -0.140. The van der Waals surface area contributed by atoms with Gasteiger partial charge in [-0.05, 0) is 25.2 Å². The third kappa shape index (κ3) is 2.33. The fraction of sp³-hybridized carbons (Fsp3) is 0.462. The van der Waals surface area contributed by atoms with Crippen molar-refractivity contribution in [2.45, 2.75) is 24.6 Å². The molecule has 1 aromatic rings. The van der Waals surface area contributed by atoms with E-state index < -0.39 is 29.3 Å². The zero-order valence-electron chi connectivity index (χ0n) is 10.8. The van der Waals surface area contributed by atoms with E-state index in [9.17, 15) is 22.4 Å². The van der Waals surface area contributed by atoms with Gasteiger partial charge in [-0.15, -0.1) is 0 Å². The van der Waals surface area contributed by atoms with Gasteiger partial charge in [0.05, 0.1) is 11.3 Å². The Bertz CT molecular complexity index is 595. The van der Waals surface area contributed by atoms with Crippen molar-refractivity contribution in [3.63, 3.8) is 0 Å². The highest BCUT2D eigenvalue weighted by atomic mass is 19.4. The molecule has 2 N–H and O–H groups in total. The first-order valence-corrected chi connectivity index (χ1v) is 6.44. The quantitative estimate of drug-likeness (QED) is 0.725. The van der Waals surface area contributed by atoms with E-state index in [0.717, 1.165) is 6.07 Å². The topological polar surface area (TPSA) is 50.4 Å². The summed E-state index contributed by atoms with van der Waals surface area (Å²) in [5, 5.41) is 5.29. The lowest BCUT2D eigenvalue weighted by Crippen LogP contribution is -2.47. The molecule has 0 aliphatic carbocycles. The van der Waals surface area contributed by atoms with Gasteiger partial charge in [0.25, 0.3) is 0 Å². The first-order chi connectivity index (χ1) is 9.82. The molecule has 0 atom stereocenters. The number of carbonyl (C=O) groups excluding carboxylic acids is 1. The van der Waals surface area contributed by atoms with Crippen LogP contribution in [0.15, 0.2) is 12.1 Å². The number of amides is 1.